The quantitative estimate of drug-likeness (QED) is 0.602. The van der Waals surface area contributed by atoms with Gasteiger partial charge in [-0.15, -0.1) is 11.3 Å². The highest BCUT2D eigenvalue weighted by molar-refractivity contribution is 7.10. The van der Waals surface area contributed by atoms with Crippen LogP contribution >= 0.6 is 22.9 Å². The van der Waals surface area contributed by atoms with Crippen molar-refractivity contribution in [2.24, 2.45) is 5.84 Å². The fourth-order valence-corrected chi connectivity index (χ4v) is 2.41. The molecule has 13 heavy (non-hydrogen) atoms. The molecular weight excluding hydrogens is 208 g/mol. The first kappa shape index (κ1) is 10.9. The Balaban J connectivity index is 2.84. The number of hydrogen-bond donors (Lipinski definition) is 2. The van der Waals surface area contributed by atoms with Gasteiger partial charge in [-0.25, -0.2) is 5.43 Å². The third-order valence-corrected chi connectivity index (χ3v) is 3.39. The molecule has 74 valence electrons. The largest absolute Gasteiger partial charge is 0.380 e. The van der Waals surface area contributed by atoms with Gasteiger partial charge in [0.15, 0.2) is 0 Å². The fraction of sp³-hybridized carbons (Fsp3) is 0.500. The minimum Gasteiger partial charge on any atom is -0.380 e. The maximum absolute atomic E-state index is 5.97. The van der Waals surface area contributed by atoms with Crippen molar-refractivity contribution >= 4 is 22.9 Å². The van der Waals surface area contributed by atoms with Gasteiger partial charge < -0.3 is 4.74 Å². The number of halogens is 1. The lowest BCUT2D eigenvalue weighted by Gasteiger charge is -2.21. The topological polar surface area (TPSA) is 47.3 Å². The average molecular weight is 221 g/mol. The minimum atomic E-state index is -0.0440. The van der Waals surface area contributed by atoms with Gasteiger partial charge in [0.2, 0.25) is 0 Å². The SMILES string of the molecule is COC(C)C(NN)c1sccc1Cl. The van der Waals surface area contributed by atoms with Gasteiger partial charge in [0.25, 0.3) is 0 Å². The molecule has 0 amide bonds. The Morgan fingerprint density at radius 3 is 2.77 bits per heavy atom. The molecule has 0 saturated heterocycles. The molecule has 2 atom stereocenters. The van der Waals surface area contributed by atoms with Crippen molar-refractivity contribution in [2.45, 2.75) is 19.1 Å². The van der Waals surface area contributed by atoms with Crippen molar-refractivity contribution in [1.29, 1.82) is 0 Å². The molecule has 1 aromatic heterocycles. The number of hydrazine groups is 1. The molecule has 3 nitrogen and oxygen atoms in total. The lowest BCUT2D eigenvalue weighted by Crippen LogP contribution is -2.35. The van der Waals surface area contributed by atoms with Crippen LogP contribution in [0.15, 0.2) is 11.4 Å². The zero-order chi connectivity index (χ0) is 9.84. The number of nitrogens with two attached hydrogens (primary N) is 1. The molecule has 3 N–H and O–H groups in total. The maximum Gasteiger partial charge on any atom is 0.0826 e. The molecule has 0 radical (unpaired) electrons. The van der Waals surface area contributed by atoms with E-state index in [4.69, 9.17) is 22.2 Å². The van der Waals surface area contributed by atoms with Crippen LogP contribution in [0.4, 0.5) is 0 Å². The van der Waals surface area contributed by atoms with E-state index < -0.39 is 0 Å². The molecule has 0 spiro atoms. The van der Waals surface area contributed by atoms with Crippen LogP contribution in [0, 0.1) is 0 Å². The highest BCUT2D eigenvalue weighted by atomic mass is 35.5. The molecule has 0 saturated carbocycles. The van der Waals surface area contributed by atoms with Gasteiger partial charge in [0.1, 0.15) is 0 Å². The second-order valence-corrected chi connectivity index (χ2v) is 4.07. The van der Waals surface area contributed by atoms with E-state index in [0.717, 1.165) is 9.90 Å². The van der Waals surface area contributed by atoms with E-state index in [1.165, 1.54) is 0 Å². The normalized spacial score (nSPS) is 15.7. The summed E-state index contributed by atoms with van der Waals surface area (Å²) in [6.45, 7) is 1.95. The van der Waals surface area contributed by atoms with Crippen molar-refractivity contribution in [3.05, 3.63) is 21.3 Å². The summed E-state index contributed by atoms with van der Waals surface area (Å²) in [6, 6.07) is 1.81. The third kappa shape index (κ3) is 2.42. The standard InChI is InChI=1S/C8H13ClN2OS/c1-5(12-2)7(11-10)8-6(9)3-4-13-8/h3-5,7,11H,10H2,1-2H3. The Labute approximate surface area is 86.8 Å². The zero-order valence-electron chi connectivity index (χ0n) is 7.58. The first-order valence-electron chi connectivity index (χ1n) is 3.92. The van der Waals surface area contributed by atoms with Crippen LogP contribution in [-0.4, -0.2) is 13.2 Å². The Kier molecular flexibility index (Phi) is 4.15. The van der Waals surface area contributed by atoms with E-state index in [1.807, 2.05) is 18.4 Å². The molecule has 0 aliphatic carbocycles. The number of hydrogen-bond acceptors (Lipinski definition) is 4. The van der Waals surface area contributed by atoms with Crippen LogP contribution in [0.25, 0.3) is 0 Å². The summed E-state index contributed by atoms with van der Waals surface area (Å²) >= 11 is 7.55. The molecule has 0 bridgehead atoms. The van der Waals surface area contributed by atoms with Crippen LogP contribution in [-0.2, 0) is 4.74 Å². The lowest BCUT2D eigenvalue weighted by molar-refractivity contribution is 0.0842. The summed E-state index contributed by atoms with van der Waals surface area (Å²) in [7, 11) is 1.65. The summed E-state index contributed by atoms with van der Waals surface area (Å²) in [5.41, 5.74) is 2.70. The number of rotatable bonds is 4. The van der Waals surface area contributed by atoms with Gasteiger partial charge in [0.05, 0.1) is 17.2 Å². The lowest BCUT2D eigenvalue weighted by atomic mass is 10.1. The molecule has 1 rings (SSSR count). The second kappa shape index (κ2) is 4.93. The molecule has 0 fully saturated rings. The van der Waals surface area contributed by atoms with Crippen molar-refractivity contribution in [1.82, 2.24) is 5.43 Å². The Morgan fingerprint density at radius 1 is 1.69 bits per heavy atom. The van der Waals surface area contributed by atoms with E-state index in [9.17, 15) is 0 Å². The minimum absolute atomic E-state index is 0.00106. The monoisotopic (exact) mass is 220 g/mol. The van der Waals surface area contributed by atoms with Gasteiger partial charge >= 0.3 is 0 Å². The first-order valence-corrected chi connectivity index (χ1v) is 5.18. The molecule has 0 aliphatic rings. The molecule has 2 unspecified atom stereocenters. The molecular formula is C8H13ClN2OS. The Morgan fingerprint density at radius 2 is 2.38 bits per heavy atom. The number of thiophene rings is 1. The molecule has 0 aromatic carbocycles. The number of methoxy groups -OCH3 is 1. The van der Waals surface area contributed by atoms with Crippen molar-refractivity contribution in [2.75, 3.05) is 7.11 Å². The van der Waals surface area contributed by atoms with Gasteiger partial charge in [-0.3, -0.25) is 5.84 Å². The van der Waals surface area contributed by atoms with Crippen molar-refractivity contribution in [3.8, 4) is 0 Å². The van der Waals surface area contributed by atoms with Crippen LogP contribution in [0.5, 0.6) is 0 Å². The van der Waals surface area contributed by atoms with Gasteiger partial charge in [-0.1, -0.05) is 11.6 Å². The van der Waals surface area contributed by atoms with Gasteiger partial charge in [-0.2, -0.15) is 0 Å². The zero-order valence-corrected chi connectivity index (χ0v) is 9.15. The summed E-state index contributed by atoms with van der Waals surface area (Å²) in [6.07, 6.45) is 0.00106. The predicted molar refractivity (Wildman–Crippen MR) is 55.9 cm³/mol. The molecule has 0 aliphatic heterocycles. The predicted octanol–water partition coefficient (Wildman–Crippen LogP) is 1.94. The number of nitrogens with one attached hydrogen (secondary N) is 1. The molecule has 1 heterocycles. The summed E-state index contributed by atoms with van der Waals surface area (Å²) in [4.78, 5) is 1.01. The third-order valence-electron chi connectivity index (χ3n) is 1.95. The van der Waals surface area contributed by atoms with Crippen molar-refractivity contribution in [3.63, 3.8) is 0 Å². The molecule has 1 aromatic rings. The summed E-state index contributed by atoms with van der Waals surface area (Å²) in [5.74, 6) is 5.43. The first-order chi connectivity index (χ1) is 6.20. The van der Waals surface area contributed by atoms with E-state index >= 15 is 0 Å². The van der Waals surface area contributed by atoms with Crippen molar-refractivity contribution < 1.29 is 4.74 Å². The van der Waals surface area contributed by atoms with Crippen LogP contribution in [0.2, 0.25) is 5.02 Å². The van der Waals surface area contributed by atoms with E-state index in [2.05, 4.69) is 5.43 Å². The Bertz CT molecular complexity index is 266. The van der Waals surface area contributed by atoms with E-state index in [-0.39, 0.29) is 12.1 Å². The smallest absolute Gasteiger partial charge is 0.0826 e. The number of ether oxygens (including phenoxy) is 1. The molecule has 5 heteroatoms. The maximum atomic E-state index is 5.97. The van der Waals surface area contributed by atoms with E-state index in [0.29, 0.717) is 0 Å². The summed E-state index contributed by atoms with van der Waals surface area (Å²) in [5, 5.41) is 2.67. The van der Waals surface area contributed by atoms with Crippen LogP contribution in [0.3, 0.4) is 0 Å². The Hall–Kier alpha value is -0.130. The highest BCUT2D eigenvalue weighted by Gasteiger charge is 2.20. The van der Waals surface area contributed by atoms with Gasteiger partial charge in [0, 0.05) is 12.0 Å². The second-order valence-electron chi connectivity index (χ2n) is 2.72. The van der Waals surface area contributed by atoms with Crippen LogP contribution < -0.4 is 11.3 Å². The highest BCUT2D eigenvalue weighted by Crippen LogP contribution is 2.30. The van der Waals surface area contributed by atoms with E-state index in [1.54, 1.807) is 18.4 Å². The van der Waals surface area contributed by atoms with Crippen LogP contribution in [0.1, 0.15) is 17.8 Å². The van der Waals surface area contributed by atoms with Gasteiger partial charge in [-0.05, 0) is 18.4 Å². The summed E-state index contributed by atoms with van der Waals surface area (Å²) < 4.78 is 5.19. The fourth-order valence-electron chi connectivity index (χ4n) is 1.09. The average Bonchev–Trinajstić information content (AvgIpc) is 2.53.